The lowest BCUT2D eigenvalue weighted by atomic mass is 9.88. The van der Waals surface area contributed by atoms with E-state index in [-0.39, 0.29) is 11.7 Å². The standard InChI is InChI=1S/C19H15FN4O2S/c20-13-3-10-6-21-7-11(10)4-14(13)24-17-16-12-2-1-9(19(25)26)5-15(12)27-18(16)23-8-22-17/h3-4,7-9H,1-2,5-6H2,(H,25,26)(H,22,23,24)/t9-/m0/s1. The fourth-order valence-electron chi connectivity index (χ4n) is 3.77. The highest BCUT2D eigenvalue weighted by Gasteiger charge is 2.29. The van der Waals surface area contributed by atoms with Gasteiger partial charge in [-0.3, -0.25) is 9.79 Å². The quantitative estimate of drug-likeness (QED) is 0.721. The molecular formula is C19H15FN4O2S. The van der Waals surface area contributed by atoms with Gasteiger partial charge in [0.15, 0.2) is 0 Å². The van der Waals surface area contributed by atoms with Gasteiger partial charge in [0.25, 0.3) is 0 Å². The second kappa shape index (κ2) is 6.09. The number of rotatable bonds is 3. The highest BCUT2D eigenvalue weighted by molar-refractivity contribution is 7.19. The Balaban J connectivity index is 1.57. The Morgan fingerprint density at radius 1 is 1.33 bits per heavy atom. The molecular weight excluding hydrogens is 367 g/mol. The average molecular weight is 382 g/mol. The van der Waals surface area contributed by atoms with Crippen LogP contribution in [0, 0.1) is 11.7 Å². The molecule has 3 heterocycles. The van der Waals surface area contributed by atoms with Crippen molar-refractivity contribution in [1.82, 2.24) is 9.97 Å². The maximum atomic E-state index is 14.5. The lowest BCUT2D eigenvalue weighted by Gasteiger charge is -2.18. The molecule has 0 fully saturated rings. The number of carbonyl (C=O) groups is 1. The number of carboxylic acid groups (broad SMARTS) is 1. The van der Waals surface area contributed by atoms with Gasteiger partial charge in [-0.1, -0.05) is 0 Å². The molecule has 136 valence electrons. The molecule has 1 aliphatic heterocycles. The first-order valence-electron chi connectivity index (χ1n) is 8.67. The summed E-state index contributed by atoms with van der Waals surface area (Å²) in [5.74, 6) is -0.908. The van der Waals surface area contributed by atoms with Gasteiger partial charge in [-0.15, -0.1) is 11.3 Å². The normalized spacial score (nSPS) is 17.7. The number of fused-ring (bicyclic) bond motifs is 4. The number of aromatic nitrogens is 2. The van der Waals surface area contributed by atoms with Crippen molar-refractivity contribution in [2.75, 3.05) is 5.32 Å². The Bertz CT molecular complexity index is 1120. The van der Waals surface area contributed by atoms with Crippen molar-refractivity contribution in [3.63, 3.8) is 0 Å². The molecule has 1 atom stereocenters. The van der Waals surface area contributed by atoms with Gasteiger partial charge in [0.05, 0.1) is 23.5 Å². The maximum absolute atomic E-state index is 14.5. The largest absolute Gasteiger partial charge is 0.481 e. The molecule has 1 aliphatic carbocycles. The monoisotopic (exact) mass is 382 g/mol. The lowest BCUT2D eigenvalue weighted by molar-refractivity contribution is -0.142. The zero-order chi connectivity index (χ0) is 18.5. The molecule has 27 heavy (non-hydrogen) atoms. The molecule has 8 heteroatoms. The second-order valence-electron chi connectivity index (χ2n) is 6.81. The van der Waals surface area contributed by atoms with Crippen LogP contribution >= 0.6 is 11.3 Å². The summed E-state index contributed by atoms with van der Waals surface area (Å²) in [6.07, 6.45) is 4.96. The molecule has 0 amide bonds. The van der Waals surface area contributed by atoms with Crippen molar-refractivity contribution in [2.45, 2.75) is 25.8 Å². The first-order chi connectivity index (χ1) is 13.1. The summed E-state index contributed by atoms with van der Waals surface area (Å²) in [6.45, 7) is 0.507. The Kier molecular flexibility index (Phi) is 3.68. The van der Waals surface area contributed by atoms with Gasteiger partial charge in [-0.05, 0) is 48.1 Å². The van der Waals surface area contributed by atoms with Crippen molar-refractivity contribution in [2.24, 2.45) is 10.9 Å². The summed E-state index contributed by atoms with van der Waals surface area (Å²) >= 11 is 1.50. The second-order valence-corrected chi connectivity index (χ2v) is 7.89. The minimum atomic E-state index is -0.760. The van der Waals surface area contributed by atoms with Crippen LogP contribution in [0.25, 0.3) is 10.2 Å². The van der Waals surface area contributed by atoms with Crippen LogP contribution in [0.4, 0.5) is 15.9 Å². The predicted molar refractivity (Wildman–Crippen MR) is 102 cm³/mol. The highest BCUT2D eigenvalue weighted by atomic mass is 32.1. The number of anilines is 2. The zero-order valence-electron chi connectivity index (χ0n) is 14.2. The number of aliphatic carboxylic acids is 1. The van der Waals surface area contributed by atoms with Crippen molar-refractivity contribution in [3.8, 4) is 0 Å². The van der Waals surface area contributed by atoms with Crippen LogP contribution in [0.3, 0.4) is 0 Å². The number of thiophene rings is 1. The minimum Gasteiger partial charge on any atom is -0.481 e. The van der Waals surface area contributed by atoms with E-state index in [0.29, 0.717) is 37.3 Å². The molecule has 0 spiro atoms. The number of nitrogens with zero attached hydrogens (tertiary/aromatic N) is 3. The van der Waals surface area contributed by atoms with Gasteiger partial charge in [-0.25, -0.2) is 14.4 Å². The number of benzene rings is 1. The van der Waals surface area contributed by atoms with E-state index >= 15 is 0 Å². The van der Waals surface area contributed by atoms with E-state index in [9.17, 15) is 14.3 Å². The third-order valence-corrected chi connectivity index (χ3v) is 6.33. The van der Waals surface area contributed by atoms with Crippen LogP contribution in [0.5, 0.6) is 0 Å². The Labute approximate surface area is 157 Å². The number of aliphatic imine (C=N–C) groups is 1. The number of aryl methyl sites for hydroxylation is 1. The number of carboxylic acids is 1. The number of hydrogen-bond donors (Lipinski definition) is 2. The first kappa shape index (κ1) is 16.3. The number of hydrogen-bond acceptors (Lipinski definition) is 6. The SMILES string of the molecule is O=C(O)[C@H]1CCc2c(sc3ncnc(Nc4cc5c(cc4F)CN=C5)c23)C1. The smallest absolute Gasteiger partial charge is 0.306 e. The Morgan fingerprint density at radius 3 is 3.07 bits per heavy atom. The fourth-order valence-corrected chi connectivity index (χ4v) is 5.04. The fraction of sp³-hybridized carbons (Fsp3) is 0.263. The molecule has 0 unspecified atom stereocenters. The zero-order valence-corrected chi connectivity index (χ0v) is 15.0. The van der Waals surface area contributed by atoms with Gasteiger partial charge < -0.3 is 10.4 Å². The van der Waals surface area contributed by atoms with E-state index in [0.717, 1.165) is 31.8 Å². The summed E-state index contributed by atoms with van der Waals surface area (Å²) in [5, 5.41) is 13.3. The summed E-state index contributed by atoms with van der Waals surface area (Å²) < 4.78 is 14.5. The molecule has 0 radical (unpaired) electrons. The first-order valence-corrected chi connectivity index (χ1v) is 9.49. The molecule has 0 saturated heterocycles. The maximum Gasteiger partial charge on any atom is 0.306 e. The van der Waals surface area contributed by atoms with Crippen LogP contribution < -0.4 is 5.32 Å². The summed E-state index contributed by atoms with van der Waals surface area (Å²) in [5.41, 5.74) is 3.21. The topological polar surface area (TPSA) is 87.5 Å². The van der Waals surface area contributed by atoms with Crippen molar-refractivity contribution in [3.05, 3.63) is 45.8 Å². The van der Waals surface area contributed by atoms with Crippen LogP contribution in [0.2, 0.25) is 0 Å². The van der Waals surface area contributed by atoms with E-state index in [2.05, 4.69) is 20.3 Å². The summed E-state index contributed by atoms with van der Waals surface area (Å²) in [7, 11) is 0. The van der Waals surface area contributed by atoms with Gasteiger partial charge in [-0.2, -0.15) is 0 Å². The van der Waals surface area contributed by atoms with E-state index in [1.165, 1.54) is 23.7 Å². The van der Waals surface area contributed by atoms with E-state index in [1.807, 2.05) is 0 Å². The third-order valence-electron chi connectivity index (χ3n) is 5.17. The third kappa shape index (κ3) is 2.68. The Morgan fingerprint density at radius 2 is 2.22 bits per heavy atom. The lowest BCUT2D eigenvalue weighted by Crippen LogP contribution is -2.21. The molecule has 2 aliphatic rings. The molecule has 1 aromatic carbocycles. The molecule has 6 nitrogen and oxygen atoms in total. The average Bonchev–Trinajstić information content (AvgIpc) is 3.25. The van der Waals surface area contributed by atoms with E-state index < -0.39 is 5.97 Å². The van der Waals surface area contributed by atoms with Gasteiger partial charge >= 0.3 is 5.97 Å². The molecule has 0 saturated carbocycles. The number of nitrogens with one attached hydrogen (secondary N) is 1. The summed E-state index contributed by atoms with van der Waals surface area (Å²) in [6, 6.07) is 3.25. The van der Waals surface area contributed by atoms with Crippen LogP contribution in [-0.4, -0.2) is 27.3 Å². The van der Waals surface area contributed by atoms with E-state index in [4.69, 9.17) is 0 Å². The van der Waals surface area contributed by atoms with Crippen molar-refractivity contribution < 1.29 is 14.3 Å². The molecule has 5 rings (SSSR count). The molecule has 2 aromatic heterocycles. The Hall–Kier alpha value is -2.87. The van der Waals surface area contributed by atoms with Crippen LogP contribution in [0.1, 0.15) is 28.0 Å². The minimum absolute atomic E-state index is 0.346. The van der Waals surface area contributed by atoms with Crippen LogP contribution in [-0.2, 0) is 24.2 Å². The van der Waals surface area contributed by atoms with E-state index in [1.54, 1.807) is 12.3 Å². The molecule has 2 N–H and O–H groups in total. The van der Waals surface area contributed by atoms with Crippen molar-refractivity contribution in [1.29, 1.82) is 0 Å². The molecule has 3 aromatic rings. The van der Waals surface area contributed by atoms with Gasteiger partial charge in [0, 0.05) is 11.1 Å². The number of halogens is 1. The van der Waals surface area contributed by atoms with Gasteiger partial charge in [0.1, 0.15) is 22.8 Å². The van der Waals surface area contributed by atoms with Crippen LogP contribution in [0.15, 0.2) is 23.5 Å². The predicted octanol–water partition coefficient (Wildman–Crippen LogP) is 3.70. The van der Waals surface area contributed by atoms with Gasteiger partial charge in [0.2, 0.25) is 0 Å². The van der Waals surface area contributed by atoms with Crippen molar-refractivity contribution >= 4 is 45.2 Å². The highest BCUT2D eigenvalue weighted by Crippen LogP contribution is 2.40. The summed E-state index contributed by atoms with van der Waals surface area (Å²) in [4.78, 5) is 26.0. The molecule has 0 bridgehead atoms.